The van der Waals surface area contributed by atoms with E-state index in [1.165, 1.54) is 6.20 Å². The van der Waals surface area contributed by atoms with Gasteiger partial charge in [-0.05, 0) is 43.7 Å². The van der Waals surface area contributed by atoms with Crippen LogP contribution in [0.4, 0.5) is 17.2 Å². The summed E-state index contributed by atoms with van der Waals surface area (Å²) in [6, 6.07) is 13.1. The van der Waals surface area contributed by atoms with Gasteiger partial charge in [-0.3, -0.25) is 10.2 Å². The van der Waals surface area contributed by atoms with Gasteiger partial charge in [-0.15, -0.1) is 0 Å². The molecule has 0 spiro atoms. The van der Waals surface area contributed by atoms with Gasteiger partial charge in [0.25, 0.3) is 5.91 Å². The molecule has 1 heterocycles. The molecule has 0 radical (unpaired) electrons. The van der Waals surface area contributed by atoms with E-state index in [9.17, 15) is 4.79 Å². The number of rotatable bonds is 5. The summed E-state index contributed by atoms with van der Waals surface area (Å²) in [6.07, 6.45) is 1.53. The van der Waals surface area contributed by atoms with Crippen molar-refractivity contribution in [1.29, 1.82) is 5.41 Å². The van der Waals surface area contributed by atoms with E-state index in [1.807, 2.05) is 30.3 Å². The molecule has 0 fully saturated rings. The molecule has 5 N–H and O–H groups in total. The zero-order valence-electron chi connectivity index (χ0n) is 13.1. The molecule has 0 bridgehead atoms. The Hall–Kier alpha value is -3.15. The highest BCUT2D eigenvalue weighted by Gasteiger charge is 2.13. The predicted octanol–water partition coefficient (Wildman–Crippen LogP) is 3.04. The van der Waals surface area contributed by atoms with Gasteiger partial charge in [-0.1, -0.05) is 18.2 Å². The van der Waals surface area contributed by atoms with Crippen LogP contribution in [0, 0.1) is 5.41 Å². The molecule has 0 saturated heterocycles. The van der Waals surface area contributed by atoms with Crippen molar-refractivity contribution >= 4 is 28.8 Å². The van der Waals surface area contributed by atoms with Crippen LogP contribution in [0.25, 0.3) is 0 Å². The van der Waals surface area contributed by atoms with E-state index >= 15 is 0 Å². The molecule has 0 aliphatic rings. The van der Waals surface area contributed by atoms with Gasteiger partial charge in [0.2, 0.25) is 0 Å². The van der Waals surface area contributed by atoms with Crippen molar-refractivity contribution < 1.29 is 4.79 Å². The summed E-state index contributed by atoms with van der Waals surface area (Å²) in [7, 11) is 0. The van der Waals surface area contributed by atoms with Gasteiger partial charge in [-0.2, -0.15) is 0 Å². The summed E-state index contributed by atoms with van der Waals surface area (Å²) in [5.41, 5.74) is 7.79. The number of carbonyl (C=O) groups is 1. The number of anilines is 3. The number of nitrogens with one attached hydrogen (secondary N) is 3. The van der Waals surface area contributed by atoms with Crippen LogP contribution < -0.4 is 16.4 Å². The predicted molar refractivity (Wildman–Crippen MR) is 92.9 cm³/mol. The maximum absolute atomic E-state index is 12.0. The first-order valence-electron chi connectivity index (χ1n) is 7.08. The first-order valence-corrected chi connectivity index (χ1v) is 7.08. The maximum Gasteiger partial charge on any atom is 0.273 e. The fraction of sp³-hybridized carbons (Fsp3) is 0.118. The fourth-order valence-electron chi connectivity index (χ4n) is 1.77. The summed E-state index contributed by atoms with van der Waals surface area (Å²) in [6.45, 7) is 3.30. The lowest BCUT2D eigenvalue weighted by molar-refractivity contribution is -0.110. The first kappa shape index (κ1) is 16.2. The second-order valence-corrected chi connectivity index (χ2v) is 5.06. The topological polar surface area (TPSA) is 104 Å². The van der Waals surface area contributed by atoms with Crippen LogP contribution in [-0.2, 0) is 4.79 Å². The number of pyridine rings is 1. The lowest BCUT2D eigenvalue weighted by Gasteiger charge is -2.09. The van der Waals surface area contributed by atoms with E-state index < -0.39 is 5.91 Å². The molecule has 0 aliphatic heterocycles. The van der Waals surface area contributed by atoms with Crippen molar-refractivity contribution in [3.8, 4) is 0 Å². The summed E-state index contributed by atoms with van der Waals surface area (Å²) in [5, 5.41) is 13.6. The fourth-order valence-corrected chi connectivity index (χ4v) is 1.77. The Morgan fingerprint density at radius 3 is 2.35 bits per heavy atom. The molecule has 1 aromatic carbocycles. The largest absolute Gasteiger partial charge is 0.402 e. The molecule has 0 atom stereocenters. The van der Waals surface area contributed by atoms with Crippen LogP contribution in [-0.4, -0.2) is 16.6 Å². The number of benzene rings is 1. The summed E-state index contributed by atoms with van der Waals surface area (Å²) in [4.78, 5) is 16.2. The van der Waals surface area contributed by atoms with Crippen molar-refractivity contribution in [2.24, 2.45) is 5.73 Å². The van der Waals surface area contributed by atoms with E-state index in [1.54, 1.807) is 26.0 Å². The standard InChI is InChI=1S/C17H19N5O/c1-11(12(2)18)16(19)17(23)22-14-8-9-15(20-10-14)21-13-6-4-3-5-7-13/h3-10,19H,18H2,1-2H3,(H,20,21)(H,22,23). The zero-order valence-corrected chi connectivity index (χ0v) is 13.1. The highest BCUT2D eigenvalue weighted by Crippen LogP contribution is 2.16. The number of carbonyl (C=O) groups excluding carboxylic acids is 1. The van der Waals surface area contributed by atoms with Crippen LogP contribution in [0.5, 0.6) is 0 Å². The zero-order chi connectivity index (χ0) is 16.8. The Labute approximate surface area is 134 Å². The highest BCUT2D eigenvalue weighted by atomic mass is 16.1. The van der Waals surface area contributed by atoms with Gasteiger partial charge < -0.3 is 16.4 Å². The van der Waals surface area contributed by atoms with Gasteiger partial charge in [0.1, 0.15) is 11.5 Å². The van der Waals surface area contributed by atoms with Crippen LogP contribution in [0.15, 0.2) is 59.9 Å². The molecule has 0 saturated carbocycles. The van der Waals surface area contributed by atoms with E-state index in [2.05, 4.69) is 15.6 Å². The molecule has 1 aromatic heterocycles. The quantitative estimate of drug-likeness (QED) is 0.637. The minimum absolute atomic E-state index is 0.156. The van der Waals surface area contributed by atoms with Crippen molar-refractivity contribution in [3.63, 3.8) is 0 Å². The third-order valence-electron chi connectivity index (χ3n) is 3.26. The molecule has 1 amide bonds. The van der Waals surface area contributed by atoms with Gasteiger partial charge in [0, 0.05) is 11.4 Å². The third kappa shape index (κ3) is 4.41. The van der Waals surface area contributed by atoms with Crippen LogP contribution >= 0.6 is 0 Å². The van der Waals surface area contributed by atoms with Gasteiger partial charge in [0.05, 0.1) is 11.9 Å². The number of hydrogen-bond donors (Lipinski definition) is 4. The SMILES string of the molecule is CC(N)=C(C)C(=N)C(=O)Nc1ccc(Nc2ccccc2)nc1. The van der Waals surface area contributed by atoms with Crippen molar-refractivity contribution in [3.05, 3.63) is 59.9 Å². The van der Waals surface area contributed by atoms with E-state index in [0.29, 0.717) is 22.8 Å². The Morgan fingerprint density at radius 1 is 1.09 bits per heavy atom. The number of hydrogen-bond acceptors (Lipinski definition) is 5. The molecule has 0 aliphatic carbocycles. The Balaban J connectivity index is 2.01. The van der Waals surface area contributed by atoms with Gasteiger partial charge >= 0.3 is 0 Å². The lowest BCUT2D eigenvalue weighted by Crippen LogP contribution is -2.24. The molecule has 2 aromatic rings. The molecular formula is C17H19N5O. The van der Waals surface area contributed by atoms with Crippen LogP contribution in [0.3, 0.4) is 0 Å². The average molecular weight is 309 g/mol. The molecule has 23 heavy (non-hydrogen) atoms. The number of nitrogens with zero attached hydrogens (tertiary/aromatic N) is 1. The summed E-state index contributed by atoms with van der Waals surface area (Å²) >= 11 is 0. The van der Waals surface area contributed by atoms with Crippen molar-refractivity contribution in [2.75, 3.05) is 10.6 Å². The lowest BCUT2D eigenvalue weighted by atomic mass is 10.1. The summed E-state index contributed by atoms with van der Waals surface area (Å²) < 4.78 is 0. The molecule has 118 valence electrons. The molecule has 0 unspecified atom stereocenters. The molecule has 2 rings (SSSR count). The maximum atomic E-state index is 12.0. The van der Waals surface area contributed by atoms with E-state index in [4.69, 9.17) is 11.1 Å². The van der Waals surface area contributed by atoms with Crippen molar-refractivity contribution in [2.45, 2.75) is 13.8 Å². The number of para-hydroxylation sites is 1. The normalized spacial score (nSPS) is 11.4. The van der Waals surface area contributed by atoms with Crippen molar-refractivity contribution in [1.82, 2.24) is 4.98 Å². The average Bonchev–Trinajstić information content (AvgIpc) is 2.56. The second-order valence-electron chi connectivity index (χ2n) is 5.06. The van der Waals surface area contributed by atoms with Gasteiger partial charge in [0.15, 0.2) is 0 Å². The Kier molecular flexibility index (Phi) is 5.09. The second kappa shape index (κ2) is 7.22. The molecule has 6 heteroatoms. The number of aromatic nitrogens is 1. The monoisotopic (exact) mass is 309 g/mol. The number of nitrogens with two attached hydrogens (primary N) is 1. The smallest absolute Gasteiger partial charge is 0.273 e. The minimum Gasteiger partial charge on any atom is -0.402 e. The van der Waals surface area contributed by atoms with E-state index in [-0.39, 0.29) is 5.71 Å². The number of amides is 1. The molecular weight excluding hydrogens is 290 g/mol. The highest BCUT2D eigenvalue weighted by molar-refractivity contribution is 6.47. The van der Waals surface area contributed by atoms with Gasteiger partial charge in [-0.25, -0.2) is 4.98 Å². The number of allylic oxidation sites excluding steroid dienone is 1. The molecule has 6 nitrogen and oxygen atoms in total. The van der Waals surface area contributed by atoms with Crippen LogP contribution in [0.1, 0.15) is 13.8 Å². The minimum atomic E-state index is -0.516. The summed E-state index contributed by atoms with van der Waals surface area (Å²) in [5.74, 6) is 0.149. The first-order chi connectivity index (χ1) is 11.0. The van der Waals surface area contributed by atoms with E-state index in [0.717, 1.165) is 5.69 Å². The van der Waals surface area contributed by atoms with Crippen LogP contribution in [0.2, 0.25) is 0 Å². The Morgan fingerprint density at radius 2 is 1.78 bits per heavy atom. The Bertz CT molecular complexity index is 731. The third-order valence-corrected chi connectivity index (χ3v) is 3.26.